The second-order valence-electron chi connectivity index (χ2n) is 7.82. The maximum atomic E-state index is 10.9. The molecule has 1 aliphatic heterocycles. The summed E-state index contributed by atoms with van der Waals surface area (Å²) in [6.45, 7) is 19.4. The van der Waals surface area contributed by atoms with Gasteiger partial charge in [-0.3, -0.25) is 4.79 Å². The van der Waals surface area contributed by atoms with Gasteiger partial charge < -0.3 is 10.1 Å². The lowest BCUT2D eigenvalue weighted by Gasteiger charge is -2.40. The number of hydrogen-bond donors (Lipinski definition) is 1. The van der Waals surface area contributed by atoms with E-state index in [9.17, 15) is 4.79 Å². The minimum Gasteiger partial charge on any atom is -0.438 e. The Kier molecular flexibility index (Phi) is 6.06. The fourth-order valence-electron chi connectivity index (χ4n) is 3.89. The normalized spacial score (nSPS) is 15.6. The van der Waals surface area contributed by atoms with Gasteiger partial charge in [-0.15, -0.1) is 0 Å². The lowest BCUT2D eigenvalue weighted by molar-refractivity contribution is 0.112. The summed E-state index contributed by atoms with van der Waals surface area (Å²) in [6, 6.07) is 11.4. The van der Waals surface area contributed by atoms with E-state index in [1.165, 1.54) is 0 Å². The summed E-state index contributed by atoms with van der Waals surface area (Å²) in [5.74, 6) is 1.16. The third-order valence-electron chi connectivity index (χ3n) is 5.64. The van der Waals surface area contributed by atoms with Gasteiger partial charge in [0.1, 0.15) is 12.0 Å². The summed E-state index contributed by atoms with van der Waals surface area (Å²) >= 11 is 0. The molecule has 1 aromatic carbocycles. The molecule has 2 heterocycles. The summed E-state index contributed by atoms with van der Waals surface area (Å²) in [7, 11) is 0. The molecule has 2 aromatic rings. The Balaban J connectivity index is 2.13. The van der Waals surface area contributed by atoms with E-state index in [1.54, 1.807) is 18.2 Å². The minimum absolute atomic E-state index is 0.0442. The minimum atomic E-state index is -0.318. The van der Waals surface area contributed by atoms with Crippen LogP contribution in [0.3, 0.4) is 0 Å². The molecular formula is C26H28N2O2. The molecular weight excluding hydrogens is 372 g/mol. The van der Waals surface area contributed by atoms with E-state index in [1.807, 2.05) is 24.3 Å². The Hall–Kier alpha value is -3.40. The molecule has 0 aliphatic carbocycles. The highest BCUT2D eigenvalue weighted by Gasteiger charge is 2.41. The average Bonchev–Trinajstić information content (AvgIpc) is 2.77. The second kappa shape index (κ2) is 8.54. The maximum absolute atomic E-state index is 10.9. The number of allylic oxidation sites excluding steroid dienone is 4. The Morgan fingerprint density at radius 3 is 2.43 bits per heavy atom. The van der Waals surface area contributed by atoms with Gasteiger partial charge in [0.15, 0.2) is 0 Å². The van der Waals surface area contributed by atoms with Crippen molar-refractivity contribution in [3.63, 3.8) is 0 Å². The van der Waals surface area contributed by atoms with Crippen molar-refractivity contribution >= 4 is 6.29 Å². The molecule has 4 nitrogen and oxygen atoms in total. The van der Waals surface area contributed by atoms with Crippen molar-refractivity contribution in [3.05, 3.63) is 96.4 Å². The standard InChI is InChI=1S/C26H28N2O2/c1-7-20-23(8-2)30-25-21(24(20)26(5,6)17(4)27-9-3)14-15-22(28-25)19-12-10-18(16-29)11-13-19/h7-8,10-16,24,27H,1-2,4,9H2,3,5-6H3/t24-/m0/s1. The molecule has 1 aromatic heterocycles. The van der Waals surface area contributed by atoms with Crippen LogP contribution in [0.4, 0.5) is 0 Å². The molecule has 0 spiro atoms. The zero-order valence-electron chi connectivity index (χ0n) is 17.9. The topological polar surface area (TPSA) is 51.2 Å². The predicted molar refractivity (Wildman–Crippen MR) is 122 cm³/mol. The fourth-order valence-corrected chi connectivity index (χ4v) is 3.89. The summed E-state index contributed by atoms with van der Waals surface area (Å²) in [5.41, 5.74) is 4.89. The van der Waals surface area contributed by atoms with E-state index in [-0.39, 0.29) is 11.3 Å². The molecule has 154 valence electrons. The Morgan fingerprint density at radius 2 is 1.87 bits per heavy atom. The Labute approximate surface area is 178 Å². The molecule has 0 saturated carbocycles. The van der Waals surface area contributed by atoms with Crippen LogP contribution < -0.4 is 10.1 Å². The van der Waals surface area contributed by atoms with E-state index in [4.69, 9.17) is 9.72 Å². The monoisotopic (exact) mass is 400 g/mol. The molecule has 1 N–H and O–H groups in total. The van der Waals surface area contributed by atoms with Crippen LogP contribution in [-0.2, 0) is 0 Å². The zero-order valence-corrected chi connectivity index (χ0v) is 17.9. The number of ether oxygens (including phenoxy) is 1. The fraction of sp³-hybridized carbons (Fsp3) is 0.231. The number of benzene rings is 1. The Bertz CT molecular complexity index is 1030. The molecule has 4 heteroatoms. The van der Waals surface area contributed by atoms with Gasteiger partial charge in [0, 0.05) is 45.8 Å². The number of pyridine rings is 1. The Morgan fingerprint density at radius 1 is 1.17 bits per heavy atom. The first-order chi connectivity index (χ1) is 14.4. The summed E-state index contributed by atoms with van der Waals surface area (Å²) in [5, 5.41) is 3.37. The molecule has 30 heavy (non-hydrogen) atoms. The first-order valence-corrected chi connectivity index (χ1v) is 10.0. The molecule has 0 bridgehead atoms. The van der Waals surface area contributed by atoms with E-state index in [0.717, 1.165) is 40.9 Å². The van der Waals surface area contributed by atoms with Crippen LogP contribution in [0.25, 0.3) is 11.3 Å². The number of nitrogens with one attached hydrogen (secondary N) is 1. The lowest BCUT2D eigenvalue weighted by Crippen LogP contribution is -2.34. The number of carbonyl (C=O) groups is 1. The third-order valence-corrected chi connectivity index (χ3v) is 5.64. The van der Waals surface area contributed by atoms with Gasteiger partial charge in [0.2, 0.25) is 5.88 Å². The van der Waals surface area contributed by atoms with Crippen LogP contribution in [0.15, 0.2) is 85.3 Å². The van der Waals surface area contributed by atoms with Gasteiger partial charge >= 0.3 is 0 Å². The highest BCUT2D eigenvalue weighted by molar-refractivity contribution is 5.76. The van der Waals surface area contributed by atoms with Crippen molar-refractivity contribution in [1.29, 1.82) is 0 Å². The number of hydrogen-bond acceptors (Lipinski definition) is 4. The van der Waals surface area contributed by atoms with Crippen molar-refractivity contribution in [2.75, 3.05) is 6.54 Å². The van der Waals surface area contributed by atoms with Gasteiger partial charge in [-0.25, -0.2) is 4.98 Å². The van der Waals surface area contributed by atoms with Crippen LogP contribution >= 0.6 is 0 Å². The maximum Gasteiger partial charge on any atom is 0.223 e. The van der Waals surface area contributed by atoms with Gasteiger partial charge in [-0.2, -0.15) is 0 Å². The number of rotatable bonds is 8. The highest BCUT2D eigenvalue weighted by Crippen LogP contribution is 2.51. The number of aldehydes is 1. The van der Waals surface area contributed by atoms with Crippen molar-refractivity contribution < 1.29 is 9.53 Å². The van der Waals surface area contributed by atoms with E-state index >= 15 is 0 Å². The SMILES string of the molecule is C=CC1=C(C=C)[C@H](C(C)(C)C(=C)NCC)c2ccc(-c3ccc(C=O)cc3)nc2O1. The predicted octanol–water partition coefficient (Wildman–Crippen LogP) is 5.81. The van der Waals surface area contributed by atoms with Gasteiger partial charge in [0.25, 0.3) is 0 Å². The first kappa shape index (κ1) is 21.3. The van der Waals surface area contributed by atoms with Crippen molar-refractivity contribution in [2.24, 2.45) is 5.41 Å². The number of fused-ring (bicyclic) bond motifs is 1. The number of nitrogens with zero attached hydrogens (tertiary/aromatic N) is 1. The summed E-state index contributed by atoms with van der Waals surface area (Å²) in [4.78, 5) is 15.7. The van der Waals surface area contributed by atoms with E-state index < -0.39 is 0 Å². The third kappa shape index (κ3) is 3.73. The molecule has 0 fully saturated rings. The first-order valence-electron chi connectivity index (χ1n) is 10.0. The molecule has 1 atom stereocenters. The average molecular weight is 401 g/mol. The second-order valence-corrected chi connectivity index (χ2v) is 7.82. The van der Waals surface area contributed by atoms with Crippen LogP contribution in [0.2, 0.25) is 0 Å². The number of carbonyl (C=O) groups excluding carboxylic acids is 1. The van der Waals surface area contributed by atoms with Crippen LogP contribution in [0.5, 0.6) is 5.88 Å². The van der Waals surface area contributed by atoms with E-state index in [2.05, 4.69) is 51.9 Å². The van der Waals surface area contributed by atoms with Crippen molar-refractivity contribution in [2.45, 2.75) is 26.7 Å². The van der Waals surface area contributed by atoms with Crippen molar-refractivity contribution in [3.8, 4) is 17.1 Å². The van der Waals surface area contributed by atoms with Gasteiger partial charge in [0.05, 0.1) is 5.69 Å². The molecule has 3 rings (SSSR count). The van der Waals surface area contributed by atoms with Crippen LogP contribution in [0.1, 0.15) is 42.6 Å². The molecule has 0 radical (unpaired) electrons. The van der Waals surface area contributed by atoms with Crippen LogP contribution in [0, 0.1) is 5.41 Å². The molecule has 1 aliphatic rings. The van der Waals surface area contributed by atoms with Gasteiger partial charge in [-0.1, -0.05) is 70.0 Å². The smallest absolute Gasteiger partial charge is 0.223 e. The quantitative estimate of drug-likeness (QED) is 0.568. The molecule has 0 saturated heterocycles. The van der Waals surface area contributed by atoms with E-state index in [0.29, 0.717) is 17.2 Å². The molecule has 0 unspecified atom stereocenters. The summed E-state index contributed by atoms with van der Waals surface area (Å²) in [6.07, 6.45) is 4.36. The van der Waals surface area contributed by atoms with Crippen LogP contribution in [-0.4, -0.2) is 17.8 Å². The number of aromatic nitrogens is 1. The molecule has 0 amide bonds. The highest BCUT2D eigenvalue weighted by atomic mass is 16.5. The van der Waals surface area contributed by atoms with Gasteiger partial charge in [-0.05, 0) is 19.1 Å². The zero-order chi connectivity index (χ0) is 21.9. The summed E-state index contributed by atoms with van der Waals surface area (Å²) < 4.78 is 6.13. The lowest BCUT2D eigenvalue weighted by atomic mass is 9.68. The van der Waals surface area contributed by atoms with Crippen molar-refractivity contribution in [1.82, 2.24) is 10.3 Å². The largest absolute Gasteiger partial charge is 0.438 e.